The maximum atomic E-state index is 12.5. The molecular formula is C21H20N2O3. The second-order valence-electron chi connectivity index (χ2n) is 6.63. The number of para-hydroxylation sites is 1. The van der Waals surface area contributed by atoms with Gasteiger partial charge in [0, 0.05) is 49.5 Å². The van der Waals surface area contributed by atoms with Crippen molar-refractivity contribution in [1.29, 1.82) is 0 Å². The number of rotatable bonds is 3. The molecule has 0 radical (unpaired) electrons. The van der Waals surface area contributed by atoms with E-state index in [2.05, 4.69) is 21.9 Å². The van der Waals surface area contributed by atoms with E-state index in [4.69, 9.17) is 0 Å². The molecule has 5 nitrogen and oxygen atoms in total. The molecule has 0 unspecified atom stereocenters. The minimum absolute atomic E-state index is 0.0595. The van der Waals surface area contributed by atoms with Gasteiger partial charge in [-0.1, -0.05) is 42.5 Å². The summed E-state index contributed by atoms with van der Waals surface area (Å²) in [5, 5.41) is 10.5. The number of benzene rings is 2. The van der Waals surface area contributed by atoms with Crippen LogP contribution in [0.2, 0.25) is 0 Å². The predicted octanol–water partition coefficient (Wildman–Crippen LogP) is 2.54. The van der Waals surface area contributed by atoms with Gasteiger partial charge in [0.05, 0.1) is 5.57 Å². The molecule has 1 N–H and O–H groups in total. The molecule has 2 aliphatic rings. The van der Waals surface area contributed by atoms with Crippen molar-refractivity contribution in [3.63, 3.8) is 0 Å². The lowest BCUT2D eigenvalue weighted by molar-refractivity contribution is -0.112. The average molecular weight is 348 g/mol. The first-order valence-corrected chi connectivity index (χ1v) is 8.78. The highest BCUT2D eigenvalue weighted by Gasteiger charge is 2.33. The molecule has 26 heavy (non-hydrogen) atoms. The van der Waals surface area contributed by atoms with E-state index in [-0.39, 0.29) is 16.9 Å². The summed E-state index contributed by atoms with van der Waals surface area (Å²) < 4.78 is 0. The molecule has 0 saturated carbocycles. The molecule has 1 aliphatic carbocycles. The second-order valence-corrected chi connectivity index (χ2v) is 6.63. The number of fused-ring (bicyclic) bond motifs is 1. The number of carbonyl (C=O) groups excluding carboxylic acids is 2. The van der Waals surface area contributed by atoms with Crippen LogP contribution in [0.1, 0.15) is 15.9 Å². The van der Waals surface area contributed by atoms with E-state index in [1.807, 2.05) is 18.2 Å². The number of hydrogen-bond donors (Lipinski definition) is 1. The third kappa shape index (κ3) is 2.91. The van der Waals surface area contributed by atoms with Gasteiger partial charge in [-0.15, -0.1) is 0 Å². The van der Waals surface area contributed by atoms with Crippen molar-refractivity contribution in [2.45, 2.75) is 0 Å². The fourth-order valence-electron chi connectivity index (χ4n) is 3.59. The van der Waals surface area contributed by atoms with Gasteiger partial charge in [0.1, 0.15) is 5.76 Å². The van der Waals surface area contributed by atoms with Crippen molar-refractivity contribution in [2.24, 2.45) is 0 Å². The van der Waals surface area contributed by atoms with E-state index < -0.39 is 11.6 Å². The fourth-order valence-corrected chi connectivity index (χ4v) is 3.59. The Hall–Kier alpha value is -2.92. The van der Waals surface area contributed by atoms with Gasteiger partial charge in [-0.05, 0) is 12.1 Å². The normalized spacial score (nSPS) is 18.2. The minimum Gasteiger partial charge on any atom is -0.507 e. The Kier molecular flexibility index (Phi) is 4.31. The van der Waals surface area contributed by atoms with Crippen molar-refractivity contribution in [1.82, 2.24) is 4.90 Å². The molecule has 1 fully saturated rings. The lowest BCUT2D eigenvalue weighted by atomic mass is 9.88. The molecule has 1 aliphatic heterocycles. The first-order valence-electron chi connectivity index (χ1n) is 8.78. The largest absolute Gasteiger partial charge is 0.507 e. The molecule has 2 aromatic rings. The van der Waals surface area contributed by atoms with Crippen molar-refractivity contribution in [2.75, 3.05) is 37.6 Å². The van der Waals surface area contributed by atoms with Crippen molar-refractivity contribution >= 4 is 23.0 Å². The van der Waals surface area contributed by atoms with Crippen LogP contribution >= 0.6 is 0 Å². The van der Waals surface area contributed by atoms with Gasteiger partial charge in [-0.25, -0.2) is 0 Å². The van der Waals surface area contributed by atoms with Crippen LogP contribution in [-0.2, 0) is 4.79 Å². The maximum absolute atomic E-state index is 12.5. The Balaban J connectivity index is 1.50. The number of carbonyl (C=O) groups is 2. The topological polar surface area (TPSA) is 60.9 Å². The lowest BCUT2D eigenvalue weighted by Crippen LogP contribution is -2.48. The number of nitrogens with zero attached hydrogens (tertiary/aromatic N) is 2. The van der Waals surface area contributed by atoms with Crippen LogP contribution in [0, 0.1) is 0 Å². The van der Waals surface area contributed by atoms with Crippen molar-refractivity contribution in [3.05, 3.63) is 71.3 Å². The van der Waals surface area contributed by atoms with Crippen LogP contribution in [0.4, 0.5) is 5.69 Å². The number of ketones is 2. The lowest BCUT2D eigenvalue weighted by Gasteiger charge is -2.36. The SMILES string of the molecule is O=C1C(=O)c2ccccc2C(O)=C1CN1CCN(c2ccccc2)CC1. The van der Waals surface area contributed by atoms with Gasteiger partial charge < -0.3 is 10.0 Å². The predicted molar refractivity (Wildman–Crippen MR) is 100 cm³/mol. The van der Waals surface area contributed by atoms with Gasteiger partial charge in [0.2, 0.25) is 11.6 Å². The zero-order chi connectivity index (χ0) is 18.1. The monoisotopic (exact) mass is 348 g/mol. The minimum atomic E-state index is -0.591. The van der Waals surface area contributed by atoms with E-state index in [0.29, 0.717) is 12.1 Å². The molecule has 4 rings (SSSR count). The molecule has 0 aromatic heterocycles. The molecule has 0 spiro atoms. The summed E-state index contributed by atoms with van der Waals surface area (Å²) in [4.78, 5) is 29.2. The smallest absolute Gasteiger partial charge is 0.234 e. The van der Waals surface area contributed by atoms with Gasteiger partial charge in [0.15, 0.2) is 0 Å². The number of aliphatic hydroxyl groups is 1. The summed E-state index contributed by atoms with van der Waals surface area (Å²) in [5.74, 6) is -1.18. The van der Waals surface area contributed by atoms with E-state index in [0.717, 1.165) is 26.2 Å². The van der Waals surface area contributed by atoms with Crippen LogP contribution in [0.15, 0.2) is 60.2 Å². The summed E-state index contributed by atoms with van der Waals surface area (Å²) in [6.07, 6.45) is 0. The van der Waals surface area contributed by atoms with Crippen LogP contribution in [-0.4, -0.2) is 54.3 Å². The molecule has 0 amide bonds. The molecule has 132 valence electrons. The number of Topliss-reactive ketones (excluding diaryl/α,β-unsaturated/α-hetero) is 2. The van der Waals surface area contributed by atoms with E-state index in [1.54, 1.807) is 24.3 Å². The Morgan fingerprint density at radius 2 is 1.38 bits per heavy atom. The standard InChI is InChI=1S/C21H20N2O3/c24-19-16-8-4-5-9-17(16)20(25)21(26)18(19)14-22-10-12-23(13-11-22)15-6-2-1-3-7-15/h1-9,24H,10-14H2. The first kappa shape index (κ1) is 16.5. The van der Waals surface area contributed by atoms with E-state index in [9.17, 15) is 14.7 Å². The fraction of sp³-hybridized carbons (Fsp3) is 0.238. The van der Waals surface area contributed by atoms with E-state index in [1.165, 1.54) is 5.69 Å². The number of anilines is 1. The highest BCUT2D eigenvalue weighted by atomic mass is 16.3. The van der Waals surface area contributed by atoms with Gasteiger partial charge >= 0.3 is 0 Å². The van der Waals surface area contributed by atoms with Crippen molar-refractivity contribution in [3.8, 4) is 0 Å². The summed E-state index contributed by atoms with van der Waals surface area (Å²) >= 11 is 0. The van der Waals surface area contributed by atoms with Crippen LogP contribution < -0.4 is 4.90 Å². The molecule has 1 heterocycles. The Bertz CT molecular complexity index is 881. The quantitative estimate of drug-likeness (QED) is 0.864. The summed E-state index contributed by atoms with van der Waals surface area (Å²) in [7, 11) is 0. The Labute approximate surface area is 152 Å². The summed E-state index contributed by atoms with van der Waals surface area (Å²) in [6, 6.07) is 16.9. The summed E-state index contributed by atoms with van der Waals surface area (Å²) in [5.41, 5.74) is 2.14. The number of piperazine rings is 1. The zero-order valence-corrected chi connectivity index (χ0v) is 14.4. The van der Waals surface area contributed by atoms with Crippen LogP contribution in [0.5, 0.6) is 0 Å². The Morgan fingerprint density at radius 1 is 0.769 bits per heavy atom. The molecule has 2 aromatic carbocycles. The number of hydrogen-bond acceptors (Lipinski definition) is 5. The van der Waals surface area contributed by atoms with Gasteiger partial charge in [-0.2, -0.15) is 0 Å². The van der Waals surface area contributed by atoms with Gasteiger partial charge in [-0.3, -0.25) is 14.5 Å². The molecule has 0 bridgehead atoms. The first-order chi connectivity index (χ1) is 12.6. The zero-order valence-electron chi connectivity index (χ0n) is 14.4. The average Bonchev–Trinajstić information content (AvgIpc) is 2.71. The van der Waals surface area contributed by atoms with Crippen LogP contribution in [0.3, 0.4) is 0 Å². The molecular weight excluding hydrogens is 328 g/mol. The number of aliphatic hydroxyl groups excluding tert-OH is 1. The molecule has 0 atom stereocenters. The molecule has 5 heteroatoms. The van der Waals surface area contributed by atoms with Crippen LogP contribution in [0.25, 0.3) is 5.76 Å². The second kappa shape index (κ2) is 6.77. The van der Waals surface area contributed by atoms with Crippen molar-refractivity contribution < 1.29 is 14.7 Å². The Morgan fingerprint density at radius 3 is 2.08 bits per heavy atom. The highest BCUT2D eigenvalue weighted by molar-refractivity contribution is 6.52. The maximum Gasteiger partial charge on any atom is 0.234 e. The third-order valence-corrected chi connectivity index (χ3v) is 5.07. The molecule has 1 saturated heterocycles. The summed E-state index contributed by atoms with van der Waals surface area (Å²) in [6.45, 7) is 3.53. The van der Waals surface area contributed by atoms with Gasteiger partial charge in [0.25, 0.3) is 0 Å². The third-order valence-electron chi connectivity index (χ3n) is 5.07. The highest BCUT2D eigenvalue weighted by Crippen LogP contribution is 2.28. The van der Waals surface area contributed by atoms with E-state index >= 15 is 0 Å².